The monoisotopic (exact) mass is 469 g/mol. The molecule has 1 unspecified atom stereocenters. The first kappa shape index (κ1) is 22.7. The number of guanidine groups is 1. The number of nitrogens with one attached hydrogen (secondary N) is 1. The van der Waals surface area contributed by atoms with Gasteiger partial charge < -0.3 is 25.6 Å². The topological polar surface area (TPSA) is 83.2 Å². The lowest BCUT2D eigenvalue weighted by Crippen LogP contribution is -2.39. The molecule has 3 rings (SSSR count). The first-order chi connectivity index (χ1) is 14.2. The van der Waals surface area contributed by atoms with E-state index in [1.807, 2.05) is 50.0 Å². The van der Waals surface area contributed by atoms with Gasteiger partial charge in [-0.2, -0.15) is 0 Å². The first-order valence-corrected chi connectivity index (χ1v) is 11.1. The van der Waals surface area contributed by atoms with Gasteiger partial charge in [0, 0.05) is 36.3 Å². The van der Waals surface area contributed by atoms with Crippen molar-refractivity contribution in [3.8, 4) is 5.75 Å². The highest BCUT2D eigenvalue weighted by atomic mass is 35.5. The third-order valence-electron chi connectivity index (χ3n) is 4.70. The Morgan fingerprint density at radius 2 is 2.03 bits per heavy atom. The number of hydrogen-bond acceptors (Lipinski definition) is 7. The Labute approximate surface area is 190 Å². The lowest BCUT2D eigenvalue weighted by molar-refractivity contribution is 0.0959. The molecule has 0 fully saturated rings. The molecule has 1 amide bonds. The first-order valence-electron chi connectivity index (χ1n) is 9.48. The van der Waals surface area contributed by atoms with E-state index in [0.717, 1.165) is 17.7 Å². The Morgan fingerprint density at radius 1 is 1.30 bits per heavy atom. The molecule has 3 N–H and O–H groups in total. The van der Waals surface area contributed by atoms with Crippen LogP contribution in [0.25, 0.3) is 0 Å². The van der Waals surface area contributed by atoms with Crippen molar-refractivity contribution in [3.63, 3.8) is 0 Å². The van der Waals surface area contributed by atoms with Gasteiger partial charge in [0.2, 0.25) is 0 Å². The van der Waals surface area contributed by atoms with E-state index >= 15 is 0 Å². The number of carbonyl (C=O) groups is 1. The summed E-state index contributed by atoms with van der Waals surface area (Å²) >= 11 is 14.3. The molecule has 1 atom stereocenters. The van der Waals surface area contributed by atoms with Gasteiger partial charge in [-0.15, -0.1) is 11.3 Å². The maximum atomic E-state index is 12.3. The molecule has 2 aromatic rings. The van der Waals surface area contributed by atoms with Crippen molar-refractivity contribution in [3.05, 3.63) is 44.2 Å². The number of nitrogens with two attached hydrogens (primary N) is 1. The van der Waals surface area contributed by atoms with Crippen LogP contribution in [-0.2, 0) is 0 Å². The molecule has 0 saturated heterocycles. The summed E-state index contributed by atoms with van der Waals surface area (Å²) in [5.74, 6) is 0.757. The normalized spacial score (nSPS) is 15.8. The van der Waals surface area contributed by atoms with E-state index in [4.69, 9.17) is 33.7 Å². The number of benzene rings is 1. The number of aliphatic imine (C=N–C) groups is 1. The predicted molar refractivity (Wildman–Crippen MR) is 124 cm³/mol. The quantitative estimate of drug-likeness (QED) is 0.645. The predicted octanol–water partition coefficient (Wildman–Crippen LogP) is 3.73. The van der Waals surface area contributed by atoms with E-state index in [9.17, 15) is 4.79 Å². The van der Waals surface area contributed by atoms with E-state index in [2.05, 4.69) is 10.3 Å². The second-order valence-corrected chi connectivity index (χ2v) is 9.01. The summed E-state index contributed by atoms with van der Waals surface area (Å²) in [7, 11) is 5.79. The highest BCUT2D eigenvalue weighted by Crippen LogP contribution is 2.46. The van der Waals surface area contributed by atoms with Crippen molar-refractivity contribution in [1.82, 2.24) is 15.1 Å². The van der Waals surface area contributed by atoms with Gasteiger partial charge in [-0.3, -0.25) is 4.79 Å². The van der Waals surface area contributed by atoms with Crippen LogP contribution in [0.4, 0.5) is 5.00 Å². The zero-order valence-corrected chi connectivity index (χ0v) is 19.7. The number of nitrogens with zero attached hydrogens (tertiary/aromatic N) is 3. The lowest BCUT2D eigenvalue weighted by Gasteiger charge is -2.33. The van der Waals surface area contributed by atoms with E-state index in [0.29, 0.717) is 44.8 Å². The van der Waals surface area contributed by atoms with Crippen LogP contribution in [0.2, 0.25) is 10.0 Å². The highest BCUT2D eigenvalue weighted by Gasteiger charge is 2.32. The van der Waals surface area contributed by atoms with Crippen LogP contribution < -0.4 is 15.8 Å². The van der Waals surface area contributed by atoms with E-state index in [1.54, 1.807) is 6.07 Å². The fraction of sp³-hybridized carbons (Fsp3) is 0.400. The second kappa shape index (κ2) is 9.43. The summed E-state index contributed by atoms with van der Waals surface area (Å²) in [5, 5.41) is 4.44. The largest absolute Gasteiger partial charge is 0.491 e. The van der Waals surface area contributed by atoms with Crippen molar-refractivity contribution < 1.29 is 9.53 Å². The summed E-state index contributed by atoms with van der Waals surface area (Å²) in [6.45, 7) is 3.67. The van der Waals surface area contributed by atoms with Gasteiger partial charge in [-0.05, 0) is 39.2 Å². The standard InChI is InChI=1S/C20H25Cl2N5O2S/c1-5-24-18(28)16-9-12-17(27(4)20(23)25-19(12)30-16)11-8-15(14(22)10-13(11)21)29-7-6-26(2)3/h8-10,17H,5-7H2,1-4H3,(H2,23,25)(H,24,28). The van der Waals surface area contributed by atoms with Gasteiger partial charge in [0.1, 0.15) is 17.4 Å². The van der Waals surface area contributed by atoms with Crippen molar-refractivity contribution in [1.29, 1.82) is 0 Å². The minimum absolute atomic E-state index is 0.137. The molecular weight excluding hydrogens is 445 g/mol. The Bertz CT molecular complexity index is 976. The van der Waals surface area contributed by atoms with Gasteiger partial charge in [0.05, 0.1) is 15.9 Å². The summed E-state index contributed by atoms with van der Waals surface area (Å²) in [6, 6.07) is 5.04. The molecule has 0 spiro atoms. The minimum atomic E-state index is -0.321. The number of fused-ring (bicyclic) bond motifs is 1. The van der Waals surface area contributed by atoms with E-state index in [1.165, 1.54) is 11.3 Å². The van der Waals surface area contributed by atoms with Crippen LogP contribution in [0.5, 0.6) is 5.75 Å². The average Bonchev–Trinajstić information content (AvgIpc) is 3.08. The molecular formula is C20H25Cl2N5O2S. The summed E-state index contributed by atoms with van der Waals surface area (Å²) in [6.07, 6.45) is 0. The Morgan fingerprint density at radius 3 is 2.70 bits per heavy atom. The van der Waals surface area contributed by atoms with Crippen LogP contribution in [0, 0.1) is 0 Å². The molecule has 2 heterocycles. The zero-order chi connectivity index (χ0) is 22.0. The number of carbonyl (C=O) groups excluding carboxylic acids is 1. The lowest BCUT2D eigenvalue weighted by atomic mass is 9.97. The molecule has 1 aromatic heterocycles. The van der Waals surface area contributed by atoms with Gasteiger partial charge in [0.15, 0.2) is 5.96 Å². The Balaban J connectivity index is 2.02. The third kappa shape index (κ3) is 4.67. The second-order valence-electron chi connectivity index (χ2n) is 7.17. The van der Waals surface area contributed by atoms with Gasteiger partial charge in [-0.1, -0.05) is 23.2 Å². The number of amides is 1. The van der Waals surface area contributed by atoms with Gasteiger partial charge in [-0.25, -0.2) is 4.99 Å². The SMILES string of the molecule is CCNC(=O)c1cc2c(s1)N=C(N)N(C)C2c1cc(OCCN(C)C)c(Cl)cc1Cl. The molecule has 162 valence electrons. The third-order valence-corrected chi connectivity index (χ3v) is 6.37. The summed E-state index contributed by atoms with van der Waals surface area (Å²) in [4.78, 5) is 21.2. The number of halogens is 2. The summed E-state index contributed by atoms with van der Waals surface area (Å²) < 4.78 is 5.89. The van der Waals surface area contributed by atoms with Crippen LogP contribution in [0.3, 0.4) is 0 Å². The van der Waals surface area contributed by atoms with Crippen LogP contribution in [-0.4, -0.2) is 62.5 Å². The van der Waals surface area contributed by atoms with Gasteiger partial charge in [0.25, 0.3) is 5.91 Å². The molecule has 0 aliphatic carbocycles. The molecule has 0 saturated carbocycles. The maximum absolute atomic E-state index is 12.3. The van der Waals surface area contributed by atoms with Crippen molar-refractivity contribution >= 4 is 51.4 Å². The smallest absolute Gasteiger partial charge is 0.261 e. The molecule has 10 heteroatoms. The minimum Gasteiger partial charge on any atom is -0.491 e. The zero-order valence-electron chi connectivity index (χ0n) is 17.3. The summed E-state index contributed by atoms with van der Waals surface area (Å²) in [5.41, 5.74) is 7.82. The average molecular weight is 470 g/mol. The van der Waals surface area contributed by atoms with E-state index in [-0.39, 0.29) is 11.9 Å². The van der Waals surface area contributed by atoms with Crippen LogP contribution >= 0.6 is 34.5 Å². The fourth-order valence-electron chi connectivity index (χ4n) is 3.14. The molecule has 1 aliphatic heterocycles. The van der Waals surface area contributed by atoms with Crippen molar-refractivity contribution in [2.45, 2.75) is 13.0 Å². The molecule has 0 radical (unpaired) electrons. The number of likely N-dealkylation sites (N-methyl/N-ethyl adjacent to an activating group) is 1. The number of thiophene rings is 1. The number of ether oxygens (including phenoxy) is 1. The fourth-order valence-corrected chi connectivity index (χ4v) is 4.67. The van der Waals surface area contributed by atoms with Crippen molar-refractivity contribution in [2.75, 3.05) is 40.8 Å². The van der Waals surface area contributed by atoms with E-state index < -0.39 is 0 Å². The molecule has 1 aliphatic rings. The molecule has 0 bridgehead atoms. The maximum Gasteiger partial charge on any atom is 0.261 e. The van der Waals surface area contributed by atoms with Gasteiger partial charge >= 0.3 is 0 Å². The molecule has 7 nitrogen and oxygen atoms in total. The van der Waals surface area contributed by atoms with Crippen LogP contribution in [0.15, 0.2) is 23.2 Å². The number of rotatable bonds is 7. The molecule has 30 heavy (non-hydrogen) atoms. The molecule has 1 aromatic carbocycles. The van der Waals surface area contributed by atoms with Crippen molar-refractivity contribution in [2.24, 2.45) is 10.7 Å². The number of hydrogen-bond donors (Lipinski definition) is 2. The highest BCUT2D eigenvalue weighted by molar-refractivity contribution is 7.18. The Hall–Kier alpha value is -2.00. The Kier molecular flexibility index (Phi) is 7.13. The van der Waals surface area contributed by atoms with Crippen LogP contribution in [0.1, 0.15) is 33.8 Å².